The van der Waals surface area contributed by atoms with Crippen LogP contribution in [0.1, 0.15) is 13.3 Å². The normalized spacial score (nSPS) is 14.2. The van der Waals surface area contributed by atoms with Crippen LogP contribution in [0.25, 0.3) is 0 Å². The summed E-state index contributed by atoms with van der Waals surface area (Å²) in [7, 11) is -7.70. The Morgan fingerprint density at radius 3 is 2.40 bits per heavy atom. The molecule has 0 fully saturated rings. The second kappa shape index (κ2) is 6.50. The Morgan fingerprint density at radius 2 is 1.90 bits per heavy atom. The number of sulfonamides is 1. The average Bonchev–Trinajstić information content (AvgIpc) is 2.34. The monoisotopic (exact) mass is 387 g/mol. The van der Waals surface area contributed by atoms with Gasteiger partial charge in [-0.25, -0.2) is 25.9 Å². The van der Waals surface area contributed by atoms with Gasteiger partial charge >= 0.3 is 0 Å². The molecule has 0 aliphatic carbocycles. The zero-order valence-corrected chi connectivity index (χ0v) is 14.1. The number of rotatable bonds is 6. The smallest absolute Gasteiger partial charge is 0.224 e. The molecule has 114 valence electrons. The maximum atomic E-state index is 13.6. The fourth-order valence-corrected chi connectivity index (χ4v) is 3.62. The Labute approximate surface area is 126 Å². The molecule has 5 nitrogen and oxygen atoms in total. The van der Waals surface area contributed by atoms with Gasteiger partial charge in [0.1, 0.15) is 10.7 Å². The van der Waals surface area contributed by atoms with Gasteiger partial charge in [-0.2, -0.15) is 0 Å². The van der Waals surface area contributed by atoms with Crippen molar-refractivity contribution in [1.82, 2.24) is 4.72 Å². The zero-order valence-electron chi connectivity index (χ0n) is 10.9. The van der Waals surface area contributed by atoms with E-state index in [1.54, 1.807) is 0 Å². The maximum absolute atomic E-state index is 13.6. The van der Waals surface area contributed by atoms with Gasteiger partial charge in [0.25, 0.3) is 0 Å². The van der Waals surface area contributed by atoms with Crippen LogP contribution in [0.4, 0.5) is 4.39 Å². The Kier molecular flexibility index (Phi) is 5.70. The van der Waals surface area contributed by atoms with Crippen LogP contribution in [-0.2, 0) is 19.9 Å². The van der Waals surface area contributed by atoms with Crippen molar-refractivity contribution in [3.63, 3.8) is 0 Å². The molecule has 0 saturated heterocycles. The van der Waals surface area contributed by atoms with Crippen LogP contribution in [0.5, 0.6) is 0 Å². The van der Waals surface area contributed by atoms with Crippen LogP contribution in [0.15, 0.2) is 28.0 Å². The van der Waals surface area contributed by atoms with Crippen molar-refractivity contribution in [2.75, 3.05) is 12.8 Å². The summed E-state index contributed by atoms with van der Waals surface area (Å²) in [6, 6.07) is 2.68. The summed E-state index contributed by atoms with van der Waals surface area (Å²) in [5.74, 6) is -0.993. The first kappa shape index (κ1) is 17.5. The van der Waals surface area contributed by atoms with Crippen LogP contribution in [0.2, 0.25) is 0 Å². The maximum Gasteiger partial charge on any atom is 0.243 e. The molecule has 1 aromatic rings. The second-order valence-electron chi connectivity index (χ2n) is 4.22. The van der Waals surface area contributed by atoms with Gasteiger partial charge in [0.05, 0.1) is 4.90 Å². The SMILES string of the molecule is CCC(Br)CNS(=O)(=O)c1cc(S(C)(=O)=O)ccc1F. The fraction of sp³-hybridized carbons (Fsp3) is 0.455. The highest BCUT2D eigenvalue weighted by Crippen LogP contribution is 2.19. The Hall–Kier alpha value is -0.510. The molecule has 1 N–H and O–H groups in total. The van der Waals surface area contributed by atoms with Crippen molar-refractivity contribution < 1.29 is 21.2 Å². The van der Waals surface area contributed by atoms with Crippen molar-refractivity contribution in [3.05, 3.63) is 24.0 Å². The van der Waals surface area contributed by atoms with Crippen LogP contribution in [-0.4, -0.2) is 34.5 Å². The summed E-state index contributed by atoms with van der Waals surface area (Å²) in [6.45, 7) is 1.94. The van der Waals surface area contributed by atoms with E-state index in [1.165, 1.54) is 0 Å². The number of nitrogens with one attached hydrogen (secondary N) is 1. The van der Waals surface area contributed by atoms with Crippen molar-refractivity contribution in [3.8, 4) is 0 Å². The molecule has 0 spiro atoms. The summed E-state index contributed by atoms with van der Waals surface area (Å²) in [4.78, 5) is -1.00. The van der Waals surface area contributed by atoms with Gasteiger partial charge in [-0.1, -0.05) is 22.9 Å². The molecule has 0 heterocycles. The lowest BCUT2D eigenvalue weighted by Gasteiger charge is -2.11. The van der Waals surface area contributed by atoms with Crippen LogP contribution in [0.3, 0.4) is 0 Å². The highest BCUT2D eigenvalue weighted by atomic mass is 79.9. The van der Waals surface area contributed by atoms with Crippen LogP contribution in [0, 0.1) is 5.82 Å². The van der Waals surface area contributed by atoms with Gasteiger partial charge in [0.15, 0.2) is 9.84 Å². The predicted molar refractivity (Wildman–Crippen MR) is 77.7 cm³/mol. The summed E-state index contributed by atoms with van der Waals surface area (Å²) in [6.07, 6.45) is 1.62. The second-order valence-corrected chi connectivity index (χ2v) is 9.27. The third-order valence-corrected chi connectivity index (χ3v) is 6.08. The zero-order chi connectivity index (χ0) is 15.6. The third-order valence-electron chi connectivity index (χ3n) is 2.56. The lowest BCUT2D eigenvalue weighted by atomic mass is 10.3. The van der Waals surface area contributed by atoms with Crippen LogP contribution >= 0.6 is 15.9 Å². The van der Waals surface area contributed by atoms with E-state index in [4.69, 9.17) is 0 Å². The summed E-state index contributed by atoms with van der Waals surface area (Å²) < 4.78 is 62.6. The van der Waals surface area contributed by atoms with Gasteiger partial charge in [-0.3, -0.25) is 0 Å². The number of benzene rings is 1. The highest BCUT2D eigenvalue weighted by Gasteiger charge is 2.22. The van der Waals surface area contributed by atoms with E-state index < -0.39 is 30.6 Å². The molecule has 0 radical (unpaired) electrons. The minimum absolute atomic E-state index is 0.0847. The molecule has 0 aliphatic rings. The molecular weight excluding hydrogens is 373 g/mol. The molecule has 0 bridgehead atoms. The molecule has 1 unspecified atom stereocenters. The van der Waals surface area contributed by atoms with Gasteiger partial charge in [-0.15, -0.1) is 0 Å². The molecule has 1 atom stereocenters. The minimum Gasteiger partial charge on any atom is -0.224 e. The number of hydrogen-bond donors (Lipinski definition) is 1. The molecular formula is C11H15BrFNO4S2. The van der Waals surface area contributed by atoms with Crippen molar-refractivity contribution in [2.45, 2.75) is 28.0 Å². The van der Waals surface area contributed by atoms with E-state index in [-0.39, 0.29) is 16.3 Å². The van der Waals surface area contributed by atoms with E-state index in [9.17, 15) is 21.2 Å². The predicted octanol–water partition coefficient (Wildman–Crippen LogP) is 1.68. The van der Waals surface area contributed by atoms with Crippen molar-refractivity contribution in [1.29, 1.82) is 0 Å². The minimum atomic E-state index is -4.10. The molecule has 9 heteroatoms. The van der Waals surface area contributed by atoms with Gasteiger partial charge < -0.3 is 0 Å². The number of hydrogen-bond acceptors (Lipinski definition) is 4. The average molecular weight is 388 g/mol. The van der Waals surface area contributed by atoms with E-state index in [0.29, 0.717) is 6.42 Å². The van der Waals surface area contributed by atoms with E-state index >= 15 is 0 Å². The number of sulfone groups is 1. The molecule has 0 aliphatic heterocycles. The first-order valence-corrected chi connectivity index (χ1v) is 10.00. The Bertz CT molecular complexity index is 688. The Morgan fingerprint density at radius 1 is 1.30 bits per heavy atom. The topological polar surface area (TPSA) is 80.3 Å². The number of halogens is 2. The summed E-state index contributed by atoms with van der Waals surface area (Å²) in [5.41, 5.74) is 0. The first-order valence-electron chi connectivity index (χ1n) is 5.71. The van der Waals surface area contributed by atoms with E-state index in [1.807, 2.05) is 6.92 Å². The molecule has 1 rings (SSSR count). The largest absolute Gasteiger partial charge is 0.243 e. The molecule has 0 amide bonds. The van der Waals surface area contributed by atoms with E-state index in [0.717, 1.165) is 24.5 Å². The molecule has 0 saturated carbocycles. The number of alkyl halides is 1. The van der Waals surface area contributed by atoms with Gasteiger partial charge in [0, 0.05) is 17.6 Å². The lowest BCUT2D eigenvalue weighted by Crippen LogP contribution is -2.30. The van der Waals surface area contributed by atoms with Crippen LogP contribution < -0.4 is 4.72 Å². The Balaban J connectivity index is 3.18. The van der Waals surface area contributed by atoms with Gasteiger partial charge in [-0.05, 0) is 24.6 Å². The van der Waals surface area contributed by atoms with Gasteiger partial charge in [0.2, 0.25) is 10.0 Å². The lowest BCUT2D eigenvalue weighted by molar-refractivity contribution is 0.554. The fourth-order valence-electron chi connectivity index (χ4n) is 1.34. The molecule has 0 aromatic heterocycles. The van der Waals surface area contributed by atoms with E-state index in [2.05, 4.69) is 20.7 Å². The van der Waals surface area contributed by atoms with Crippen molar-refractivity contribution >= 4 is 35.8 Å². The summed E-state index contributed by atoms with van der Waals surface area (Å²) in [5, 5.41) is 0. The quantitative estimate of drug-likeness (QED) is 0.594. The standard InChI is InChI=1S/C11H15BrFNO4S2/c1-3-8(12)7-14-20(17,18)11-6-9(19(2,15)16)4-5-10(11)13/h4-6,8,14H,3,7H2,1-2H3. The first-order chi connectivity index (χ1) is 9.08. The molecule has 20 heavy (non-hydrogen) atoms. The van der Waals surface area contributed by atoms with Crippen molar-refractivity contribution in [2.24, 2.45) is 0 Å². The third kappa shape index (κ3) is 4.51. The molecule has 1 aromatic carbocycles. The highest BCUT2D eigenvalue weighted by molar-refractivity contribution is 9.09. The summed E-state index contributed by atoms with van der Waals surface area (Å²) >= 11 is 3.25.